The van der Waals surface area contributed by atoms with Gasteiger partial charge in [0.1, 0.15) is 0 Å². The van der Waals surface area contributed by atoms with Gasteiger partial charge >= 0.3 is 5.97 Å². The van der Waals surface area contributed by atoms with Gasteiger partial charge in [-0.25, -0.2) is 0 Å². The number of ether oxygens (including phenoxy) is 4. The average molecular weight is 380 g/mol. The number of benzene rings is 2. The Morgan fingerprint density at radius 2 is 1.75 bits per heavy atom. The number of hydrogen-bond acceptors (Lipinski definition) is 5. The Morgan fingerprint density at radius 1 is 0.964 bits per heavy atom. The van der Waals surface area contributed by atoms with Crippen molar-refractivity contribution in [3.8, 4) is 34.3 Å². The third-order valence-electron chi connectivity index (χ3n) is 5.05. The molecular weight excluding hydrogens is 358 g/mol. The molecule has 0 amide bonds. The van der Waals surface area contributed by atoms with Crippen molar-refractivity contribution in [1.82, 2.24) is 0 Å². The molecule has 0 unspecified atom stereocenters. The summed E-state index contributed by atoms with van der Waals surface area (Å²) in [6, 6.07) is 9.91. The third-order valence-corrected chi connectivity index (χ3v) is 5.05. The zero-order chi connectivity index (χ0) is 19.8. The Balaban J connectivity index is 1.91. The number of aryl methyl sites for hydroxylation is 2. The van der Waals surface area contributed by atoms with Gasteiger partial charge in [0.2, 0.25) is 5.69 Å². The molecule has 0 bridgehead atoms. The number of methoxy groups -OCH3 is 3. The number of esters is 1. The van der Waals surface area contributed by atoms with E-state index in [9.17, 15) is 4.79 Å². The smallest absolute Gasteiger partial charge is 0.308 e. The van der Waals surface area contributed by atoms with Crippen LogP contribution in [0, 0.1) is 0 Å². The lowest BCUT2D eigenvalue weighted by molar-refractivity contribution is -0.686. The summed E-state index contributed by atoms with van der Waals surface area (Å²) in [6.45, 7) is 2.20. The minimum Gasteiger partial charge on any atom is -0.493 e. The van der Waals surface area contributed by atoms with Gasteiger partial charge in [-0.15, -0.1) is 0 Å². The van der Waals surface area contributed by atoms with Crippen LogP contribution >= 0.6 is 0 Å². The molecule has 1 aliphatic heterocycles. The predicted molar refractivity (Wildman–Crippen MR) is 104 cm³/mol. The van der Waals surface area contributed by atoms with Crippen molar-refractivity contribution in [2.45, 2.75) is 19.9 Å². The van der Waals surface area contributed by atoms with Crippen molar-refractivity contribution in [3.05, 3.63) is 42.1 Å². The maximum Gasteiger partial charge on any atom is 0.308 e. The van der Waals surface area contributed by atoms with Crippen molar-refractivity contribution in [2.24, 2.45) is 0 Å². The molecule has 2 aromatic carbocycles. The second-order valence-corrected chi connectivity index (χ2v) is 6.66. The molecule has 0 fully saturated rings. The molecule has 6 heteroatoms. The Bertz CT molecular complexity index is 1090. The summed E-state index contributed by atoms with van der Waals surface area (Å²) in [5, 5.41) is 2.05. The van der Waals surface area contributed by atoms with Crippen LogP contribution in [0.2, 0.25) is 0 Å². The van der Waals surface area contributed by atoms with Crippen LogP contribution < -0.4 is 23.5 Å². The summed E-state index contributed by atoms with van der Waals surface area (Å²) in [4.78, 5) is 11.4. The fourth-order valence-corrected chi connectivity index (χ4v) is 3.78. The molecule has 1 aliphatic rings. The number of fused-ring (bicyclic) bond motifs is 4. The van der Waals surface area contributed by atoms with E-state index < -0.39 is 0 Å². The highest BCUT2D eigenvalue weighted by molar-refractivity contribution is 5.91. The minimum absolute atomic E-state index is 0.365. The molecule has 144 valence electrons. The molecule has 28 heavy (non-hydrogen) atoms. The second-order valence-electron chi connectivity index (χ2n) is 6.66. The number of rotatable bonds is 4. The van der Waals surface area contributed by atoms with E-state index in [1.54, 1.807) is 21.3 Å². The van der Waals surface area contributed by atoms with E-state index in [1.165, 1.54) is 6.92 Å². The standard InChI is InChI=1S/C22H22NO5/c1-13(24)28-21-10-15-7-8-23-12-17-14(5-6-19(25-2)22(17)27-4)9-18(23)16(15)11-20(21)26-3/h5-6,9-12H,7-8H2,1-4H3/q+1. The van der Waals surface area contributed by atoms with Gasteiger partial charge in [0.25, 0.3) is 0 Å². The van der Waals surface area contributed by atoms with E-state index in [0.717, 1.165) is 46.3 Å². The third kappa shape index (κ3) is 2.91. The van der Waals surface area contributed by atoms with Gasteiger partial charge in [-0.2, -0.15) is 4.57 Å². The first-order valence-electron chi connectivity index (χ1n) is 9.03. The van der Waals surface area contributed by atoms with Gasteiger partial charge in [-0.3, -0.25) is 4.79 Å². The van der Waals surface area contributed by atoms with Crippen molar-refractivity contribution in [3.63, 3.8) is 0 Å². The van der Waals surface area contributed by atoms with Gasteiger partial charge in [-0.05, 0) is 35.2 Å². The van der Waals surface area contributed by atoms with Gasteiger partial charge in [0.05, 0.1) is 32.3 Å². The summed E-state index contributed by atoms with van der Waals surface area (Å²) in [5.41, 5.74) is 3.27. The van der Waals surface area contributed by atoms with E-state index in [0.29, 0.717) is 17.2 Å². The second kappa shape index (κ2) is 7.03. The van der Waals surface area contributed by atoms with E-state index in [1.807, 2.05) is 24.3 Å². The van der Waals surface area contributed by atoms with Crippen LogP contribution in [0.1, 0.15) is 12.5 Å². The zero-order valence-corrected chi connectivity index (χ0v) is 16.4. The quantitative estimate of drug-likeness (QED) is 0.395. The number of pyridine rings is 1. The summed E-state index contributed by atoms with van der Waals surface area (Å²) >= 11 is 0. The summed E-state index contributed by atoms with van der Waals surface area (Å²) in [5.74, 6) is 2.06. The normalized spacial score (nSPS) is 12.1. The van der Waals surface area contributed by atoms with Gasteiger partial charge in [0.15, 0.2) is 35.7 Å². The number of carbonyl (C=O) groups excluding carboxylic acids is 1. The van der Waals surface area contributed by atoms with Gasteiger partial charge < -0.3 is 18.9 Å². The first-order valence-corrected chi connectivity index (χ1v) is 9.03. The van der Waals surface area contributed by atoms with Crippen LogP contribution in [0.4, 0.5) is 0 Å². The molecule has 1 aromatic heterocycles. The molecule has 0 saturated carbocycles. The van der Waals surface area contributed by atoms with Gasteiger partial charge in [-0.1, -0.05) is 0 Å². The first-order chi connectivity index (χ1) is 13.5. The average Bonchev–Trinajstić information content (AvgIpc) is 2.70. The Kier molecular flexibility index (Phi) is 4.55. The lowest BCUT2D eigenvalue weighted by atomic mass is 9.95. The molecule has 0 saturated heterocycles. The zero-order valence-electron chi connectivity index (χ0n) is 16.4. The van der Waals surface area contributed by atoms with Crippen molar-refractivity contribution < 1.29 is 28.3 Å². The molecule has 3 aromatic rings. The van der Waals surface area contributed by atoms with Crippen LogP contribution in [0.15, 0.2) is 36.5 Å². The summed E-state index contributed by atoms with van der Waals surface area (Å²) < 4.78 is 24.0. The molecular formula is C22H22NO5+. The minimum atomic E-state index is -0.365. The summed E-state index contributed by atoms with van der Waals surface area (Å²) in [6.07, 6.45) is 2.92. The van der Waals surface area contributed by atoms with Crippen LogP contribution in [-0.2, 0) is 17.8 Å². The first kappa shape index (κ1) is 18.1. The number of aromatic nitrogens is 1. The van der Waals surface area contributed by atoms with Crippen molar-refractivity contribution >= 4 is 16.7 Å². The van der Waals surface area contributed by atoms with Gasteiger partial charge in [0, 0.05) is 19.4 Å². The van der Waals surface area contributed by atoms with Crippen LogP contribution in [0.25, 0.3) is 22.0 Å². The van der Waals surface area contributed by atoms with E-state index in [-0.39, 0.29) is 5.97 Å². The topological polar surface area (TPSA) is 57.9 Å². The molecule has 0 radical (unpaired) electrons. The molecule has 4 rings (SSSR count). The molecule has 2 heterocycles. The molecule has 0 spiro atoms. The monoisotopic (exact) mass is 380 g/mol. The van der Waals surface area contributed by atoms with E-state index in [2.05, 4.69) is 16.8 Å². The fourth-order valence-electron chi connectivity index (χ4n) is 3.78. The fraction of sp³-hybridized carbons (Fsp3) is 0.273. The summed E-state index contributed by atoms with van der Waals surface area (Å²) in [7, 11) is 4.86. The SMILES string of the molecule is COc1cc2c(cc1OC(C)=O)CC[n+]1cc3c(OC)c(OC)ccc3cc1-2. The highest BCUT2D eigenvalue weighted by Crippen LogP contribution is 2.40. The largest absolute Gasteiger partial charge is 0.493 e. The lowest BCUT2D eigenvalue weighted by Crippen LogP contribution is -2.40. The predicted octanol–water partition coefficient (Wildman–Crippen LogP) is 3.30. The van der Waals surface area contributed by atoms with Crippen molar-refractivity contribution in [2.75, 3.05) is 21.3 Å². The Labute approximate surface area is 163 Å². The highest BCUT2D eigenvalue weighted by atomic mass is 16.6. The van der Waals surface area contributed by atoms with E-state index >= 15 is 0 Å². The van der Waals surface area contributed by atoms with Crippen molar-refractivity contribution in [1.29, 1.82) is 0 Å². The molecule has 0 atom stereocenters. The van der Waals surface area contributed by atoms with Crippen LogP contribution in [-0.4, -0.2) is 27.3 Å². The lowest BCUT2D eigenvalue weighted by Gasteiger charge is -2.19. The maximum absolute atomic E-state index is 11.4. The molecule has 0 N–H and O–H groups in total. The van der Waals surface area contributed by atoms with Crippen LogP contribution in [0.3, 0.4) is 0 Å². The molecule has 0 aliphatic carbocycles. The van der Waals surface area contributed by atoms with E-state index in [4.69, 9.17) is 18.9 Å². The maximum atomic E-state index is 11.4. The number of nitrogens with zero attached hydrogens (tertiary/aromatic N) is 1. The number of carbonyl (C=O) groups is 1. The highest BCUT2D eigenvalue weighted by Gasteiger charge is 2.27. The molecule has 6 nitrogen and oxygen atoms in total. The Morgan fingerprint density at radius 3 is 2.43 bits per heavy atom. The van der Waals surface area contributed by atoms with Crippen LogP contribution in [0.5, 0.6) is 23.0 Å². The Hall–Kier alpha value is -3.28. The number of hydrogen-bond donors (Lipinski definition) is 0.